The van der Waals surface area contributed by atoms with E-state index in [9.17, 15) is 14.7 Å². The summed E-state index contributed by atoms with van der Waals surface area (Å²) in [7, 11) is 0. The van der Waals surface area contributed by atoms with E-state index in [1.54, 1.807) is 24.3 Å². The minimum atomic E-state index is -1.33. The predicted molar refractivity (Wildman–Crippen MR) is 140 cm³/mol. The number of ether oxygens (including phenoxy) is 1. The molecule has 0 spiro atoms. The van der Waals surface area contributed by atoms with E-state index in [1.165, 1.54) is 33.1 Å². The number of nitrogens with one attached hydrogen (secondary N) is 1. The van der Waals surface area contributed by atoms with Gasteiger partial charge in [0.05, 0.1) is 12.5 Å². The molecule has 190 valence electrons. The van der Waals surface area contributed by atoms with Gasteiger partial charge in [-0.05, 0) is 86.9 Å². The first-order chi connectivity index (χ1) is 16.5. The summed E-state index contributed by atoms with van der Waals surface area (Å²) in [5.41, 5.74) is 1.73. The summed E-state index contributed by atoms with van der Waals surface area (Å²) in [6.45, 7) is 9.34. The molecule has 2 aromatic rings. The highest BCUT2D eigenvalue weighted by Gasteiger charge is 2.29. The average molecular weight is 501 g/mol. The van der Waals surface area contributed by atoms with Gasteiger partial charge in [-0.1, -0.05) is 37.6 Å². The molecule has 2 aromatic carbocycles. The zero-order chi connectivity index (χ0) is 25.6. The fourth-order valence-electron chi connectivity index (χ4n) is 4.41. The lowest BCUT2D eigenvalue weighted by atomic mass is 9.94. The first-order valence-electron chi connectivity index (χ1n) is 12.4. The molecule has 1 atom stereocenters. The molecule has 35 heavy (non-hydrogen) atoms. The van der Waals surface area contributed by atoms with Crippen LogP contribution in [0.1, 0.15) is 70.5 Å². The molecule has 1 aliphatic heterocycles. The van der Waals surface area contributed by atoms with E-state index in [1.807, 2.05) is 12.1 Å². The number of carbonyl (C=O) groups is 2. The van der Waals surface area contributed by atoms with Gasteiger partial charge < -0.3 is 20.1 Å². The Bertz CT molecular complexity index is 1010. The van der Waals surface area contributed by atoms with Crippen LogP contribution in [0.5, 0.6) is 5.75 Å². The first kappa shape index (κ1) is 26.9. The number of nitrogens with zero attached hydrogens (tertiary/aromatic N) is 1. The van der Waals surface area contributed by atoms with E-state index in [0.29, 0.717) is 16.7 Å². The Balaban J connectivity index is 1.74. The van der Waals surface area contributed by atoms with Gasteiger partial charge in [-0.2, -0.15) is 0 Å². The van der Waals surface area contributed by atoms with Crippen LogP contribution >= 0.6 is 11.6 Å². The van der Waals surface area contributed by atoms with Crippen LogP contribution < -0.4 is 15.0 Å². The van der Waals surface area contributed by atoms with E-state index >= 15 is 0 Å². The van der Waals surface area contributed by atoms with Gasteiger partial charge in [-0.25, -0.2) is 4.79 Å². The van der Waals surface area contributed by atoms with Gasteiger partial charge in [0.1, 0.15) is 5.75 Å². The minimum Gasteiger partial charge on any atom is -0.478 e. The van der Waals surface area contributed by atoms with Crippen molar-refractivity contribution in [1.29, 1.82) is 0 Å². The predicted octanol–water partition coefficient (Wildman–Crippen LogP) is 6.02. The Labute approximate surface area is 213 Å². The molecule has 6 nitrogen and oxygen atoms in total. The minimum absolute atomic E-state index is 0.0697. The van der Waals surface area contributed by atoms with Crippen LogP contribution in [0.2, 0.25) is 5.02 Å². The van der Waals surface area contributed by atoms with E-state index in [4.69, 9.17) is 16.3 Å². The highest BCUT2D eigenvalue weighted by Crippen LogP contribution is 2.34. The van der Waals surface area contributed by atoms with Crippen LogP contribution in [-0.4, -0.2) is 35.7 Å². The Morgan fingerprint density at radius 2 is 1.74 bits per heavy atom. The maximum absolute atomic E-state index is 13.1. The van der Waals surface area contributed by atoms with Gasteiger partial charge in [0, 0.05) is 23.8 Å². The molecule has 1 fully saturated rings. The van der Waals surface area contributed by atoms with Crippen molar-refractivity contribution in [1.82, 2.24) is 5.32 Å². The number of carboxylic acid groups (broad SMARTS) is 1. The third kappa shape index (κ3) is 7.63. The lowest BCUT2D eigenvalue weighted by molar-refractivity contribution is -0.152. The third-order valence-electron chi connectivity index (χ3n) is 6.28. The molecule has 0 bridgehead atoms. The van der Waals surface area contributed by atoms with Crippen LogP contribution in [0.25, 0.3) is 0 Å². The number of hydrogen-bond acceptors (Lipinski definition) is 4. The molecule has 1 unspecified atom stereocenters. The van der Waals surface area contributed by atoms with Crippen molar-refractivity contribution in [2.45, 2.75) is 71.4 Å². The average Bonchev–Trinajstić information content (AvgIpc) is 2.80. The molecule has 1 saturated heterocycles. The van der Waals surface area contributed by atoms with Crippen molar-refractivity contribution in [2.75, 3.05) is 18.0 Å². The number of hydrogen-bond donors (Lipinski definition) is 2. The van der Waals surface area contributed by atoms with Crippen LogP contribution in [0.3, 0.4) is 0 Å². The maximum Gasteiger partial charge on any atom is 0.347 e. The van der Waals surface area contributed by atoms with Crippen molar-refractivity contribution in [3.05, 3.63) is 58.6 Å². The van der Waals surface area contributed by atoms with Crippen molar-refractivity contribution < 1.29 is 19.4 Å². The molecular weight excluding hydrogens is 464 g/mol. The monoisotopic (exact) mass is 500 g/mol. The number of aliphatic carboxylic acids is 1. The number of rotatable bonds is 10. The van der Waals surface area contributed by atoms with Crippen molar-refractivity contribution >= 4 is 29.2 Å². The number of carboxylic acids is 1. The van der Waals surface area contributed by atoms with E-state index in [2.05, 4.69) is 30.1 Å². The van der Waals surface area contributed by atoms with Gasteiger partial charge >= 0.3 is 5.97 Å². The number of anilines is 1. The fraction of sp³-hybridized carbons (Fsp3) is 0.500. The zero-order valence-electron chi connectivity index (χ0n) is 21.1. The summed E-state index contributed by atoms with van der Waals surface area (Å²) in [6.07, 6.45) is 4.63. The topological polar surface area (TPSA) is 78.9 Å². The number of benzene rings is 2. The SMILES string of the molecule is CC(C)CC(NC(=O)Cc1ccc(OC(C)(C)C(=O)O)cc1)c1cc(Cl)ccc1N1CCCCC1. The second-order valence-electron chi connectivity index (χ2n) is 10.2. The molecule has 1 heterocycles. The molecule has 7 heteroatoms. The van der Waals surface area contributed by atoms with Gasteiger partial charge in [0.2, 0.25) is 5.91 Å². The van der Waals surface area contributed by atoms with Gasteiger partial charge in [0.25, 0.3) is 0 Å². The Kier molecular flexibility index (Phi) is 9.06. The maximum atomic E-state index is 13.1. The first-order valence-corrected chi connectivity index (χ1v) is 12.8. The highest BCUT2D eigenvalue weighted by molar-refractivity contribution is 6.30. The van der Waals surface area contributed by atoms with Gasteiger partial charge in [-0.3, -0.25) is 4.79 Å². The molecular formula is C28H37ClN2O4. The fourth-order valence-corrected chi connectivity index (χ4v) is 4.59. The molecule has 1 aliphatic rings. The molecule has 0 saturated carbocycles. The smallest absolute Gasteiger partial charge is 0.347 e. The van der Waals surface area contributed by atoms with E-state index in [0.717, 1.165) is 36.3 Å². The standard InChI is InChI=1S/C28H37ClN2O4/c1-19(2)16-24(23-18-21(29)10-13-25(23)31-14-6-5-7-15-31)30-26(32)17-20-8-11-22(12-9-20)35-28(3,4)27(33)34/h8-13,18-19,24H,5-7,14-17H2,1-4H3,(H,30,32)(H,33,34). The summed E-state index contributed by atoms with van der Waals surface area (Å²) in [6, 6.07) is 12.9. The molecule has 0 radical (unpaired) electrons. The van der Waals surface area contributed by atoms with Gasteiger partial charge in [-0.15, -0.1) is 0 Å². The van der Waals surface area contributed by atoms with Crippen LogP contribution in [0.15, 0.2) is 42.5 Å². The second kappa shape index (κ2) is 11.8. The molecule has 1 amide bonds. The Morgan fingerprint density at radius 1 is 1.09 bits per heavy atom. The summed E-state index contributed by atoms with van der Waals surface area (Å²) in [5, 5.41) is 13.2. The third-order valence-corrected chi connectivity index (χ3v) is 6.52. The highest BCUT2D eigenvalue weighted by atomic mass is 35.5. The van der Waals surface area contributed by atoms with E-state index in [-0.39, 0.29) is 18.4 Å². The normalized spacial score (nSPS) is 15.1. The quantitative estimate of drug-likeness (QED) is 0.417. The lowest BCUT2D eigenvalue weighted by Crippen LogP contribution is -2.37. The Morgan fingerprint density at radius 3 is 2.34 bits per heavy atom. The van der Waals surface area contributed by atoms with Crippen LogP contribution in [-0.2, 0) is 16.0 Å². The number of carbonyl (C=O) groups excluding carboxylic acids is 1. The largest absolute Gasteiger partial charge is 0.478 e. The number of amides is 1. The Hall–Kier alpha value is -2.73. The molecule has 0 aliphatic carbocycles. The van der Waals surface area contributed by atoms with Gasteiger partial charge in [0.15, 0.2) is 5.60 Å². The second-order valence-corrected chi connectivity index (χ2v) is 10.7. The summed E-state index contributed by atoms with van der Waals surface area (Å²) < 4.78 is 5.55. The van der Waals surface area contributed by atoms with E-state index < -0.39 is 11.6 Å². The number of halogens is 1. The summed E-state index contributed by atoms with van der Waals surface area (Å²) in [4.78, 5) is 26.8. The molecule has 2 N–H and O–H groups in total. The lowest BCUT2D eigenvalue weighted by Gasteiger charge is -2.33. The molecule has 0 aromatic heterocycles. The van der Waals surface area contributed by atoms with Crippen molar-refractivity contribution in [2.24, 2.45) is 5.92 Å². The zero-order valence-corrected chi connectivity index (χ0v) is 21.9. The molecule has 3 rings (SSSR count). The summed E-state index contributed by atoms with van der Waals surface area (Å²) >= 11 is 6.40. The van der Waals surface area contributed by atoms with Crippen molar-refractivity contribution in [3.8, 4) is 5.75 Å². The number of piperidine rings is 1. The summed E-state index contributed by atoms with van der Waals surface area (Å²) in [5.74, 6) is -0.270. The van der Waals surface area contributed by atoms with Crippen LogP contribution in [0.4, 0.5) is 5.69 Å². The van der Waals surface area contributed by atoms with Crippen LogP contribution in [0, 0.1) is 5.92 Å². The van der Waals surface area contributed by atoms with Crippen molar-refractivity contribution in [3.63, 3.8) is 0 Å².